The minimum atomic E-state index is -0.297. The lowest BCUT2D eigenvalue weighted by Crippen LogP contribution is -2.24. The molecule has 1 N–H and O–H groups in total. The summed E-state index contributed by atoms with van der Waals surface area (Å²) >= 11 is 6.00. The Labute approximate surface area is 156 Å². The smallest absolute Gasteiger partial charge is 0.275 e. The minimum Gasteiger partial charge on any atom is -0.493 e. The van der Waals surface area contributed by atoms with Crippen LogP contribution in [-0.2, 0) is 4.79 Å². The molecule has 0 unspecified atom stereocenters. The molecule has 6 nitrogen and oxygen atoms in total. The van der Waals surface area contributed by atoms with Crippen molar-refractivity contribution in [1.82, 2.24) is 5.32 Å². The summed E-state index contributed by atoms with van der Waals surface area (Å²) < 4.78 is 16.0. The minimum absolute atomic E-state index is 0.272. The van der Waals surface area contributed by atoms with Crippen LogP contribution in [0.1, 0.15) is 11.1 Å². The zero-order valence-electron chi connectivity index (χ0n) is 14.5. The van der Waals surface area contributed by atoms with Crippen LogP contribution in [0, 0.1) is 0 Å². The molecule has 0 aromatic heterocycles. The van der Waals surface area contributed by atoms with Crippen LogP contribution in [0.5, 0.6) is 17.2 Å². The lowest BCUT2D eigenvalue weighted by atomic mass is 10.1. The van der Waals surface area contributed by atoms with E-state index in [0.717, 1.165) is 5.56 Å². The molecule has 0 saturated heterocycles. The van der Waals surface area contributed by atoms with Gasteiger partial charge in [0.05, 0.1) is 21.3 Å². The fourth-order valence-electron chi connectivity index (χ4n) is 2.58. The number of methoxy groups -OCH3 is 3. The number of carbonyl (C=O) groups is 1. The highest BCUT2D eigenvalue weighted by molar-refractivity contribution is 6.31. The van der Waals surface area contributed by atoms with E-state index in [9.17, 15) is 4.79 Å². The summed E-state index contributed by atoms with van der Waals surface area (Å²) in [6.07, 6.45) is 1.65. The van der Waals surface area contributed by atoms with E-state index in [2.05, 4.69) is 10.3 Å². The van der Waals surface area contributed by atoms with E-state index in [4.69, 9.17) is 25.8 Å². The van der Waals surface area contributed by atoms with Crippen molar-refractivity contribution < 1.29 is 19.0 Å². The lowest BCUT2D eigenvalue weighted by molar-refractivity contribution is -0.115. The van der Waals surface area contributed by atoms with Crippen LogP contribution in [0.15, 0.2) is 47.1 Å². The quantitative estimate of drug-likeness (QED) is 0.818. The van der Waals surface area contributed by atoms with Crippen molar-refractivity contribution in [3.05, 3.63) is 58.2 Å². The monoisotopic (exact) mass is 372 g/mol. The third kappa shape index (κ3) is 3.50. The molecule has 2 aromatic rings. The Balaban J connectivity index is 2.00. The van der Waals surface area contributed by atoms with Crippen molar-refractivity contribution in [2.45, 2.75) is 0 Å². The summed E-state index contributed by atoms with van der Waals surface area (Å²) in [5.74, 6) is 1.63. The van der Waals surface area contributed by atoms with Gasteiger partial charge < -0.3 is 19.5 Å². The van der Waals surface area contributed by atoms with Gasteiger partial charge in [0.15, 0.2) is 11.5 Å². The zero-order chi connectivity index (χ0) is 18.7. The number of halogens is 1. The maximum atomic E-state index is 12.3. The van der Waals surface area contributed by atoms with Gasteiger partial charge in [-0.05, 0) is 35.9 Å². The first-order chi connectivity index (χ1) is 12.5. The SMILES string of the molecule is COc1cc(/C=C2/N=C(c3cccc(Cl)c3)NC2=O)cc(OC)c1OC. The number of ether oxygens (including phenoxy) is 3. The predicted molar refractivity (Wildman–Crippen MR) is 100 cm³/mol. The molecular formula is C19H17ClN2O4. The van der Waals surface area contributed by atoms with Gasteiger partial charge in [0.1, 0.15) is 11.5 Å². The molecule has 1 aliphatic heterocycles. The number of carbonyl (C=O) groups excluding carboxylic acids is 1. The number of amides is 1. The molecule has 1 amide bonds. The fraction of sp³-hybridized carbons (Fsp3) is 0.158. The summed E-state index contributed by atoms with van der Waals surface area (Å²) in [5.41, 5.74) is 1.70. The molecule has 0 radical (unpaired) electrons. The van der Waals surface area contributed by atoms with E-state index in [1.807, 2.05) is 6.07 Å². The molecule has 3 rings (SSSR count). The average molecular weight is 373 g/mol. The van der Waals surface area contributed by atoms with Gasteiger partial charge in [-0.15, -0.1) is 0 Å². The number of rotatable bonds is 5. The zero-order valence-corrected chi connectivity index (χ0v) is 15.3. The molecule has 0 aliphatic carbocycles. The molecule has 0 atom stereocenters. The van der Waals surface area contributed by atoms with Crippen LogP contribution in [0.3, 0.4) is 0 Å². The van der Waals surface area contributed by atoms with Crippen molar-refractivity contribution in [2.75, 3.05) is 21.3 Å². The van der Waals surface area contributed by atoms with Gasteiger partial charge in [-0.1, -0.05) is 23.7 Å². The number of nitrogens with zero attached hydrogens (tertiary/aromatic N) is 1. The summed E-state index contributed by atoms with van der Waals surface area (Å²) in [6, 6.07) is 10.6. The molecule has 7 heteroatoms. The van der Waals surface area contributed by atoms with E-state index in [1.54, 1.807) is 36.4 Å². The van der Waals surface area contributed by atoms with Gasteiger partial charge in [0.2, 0.25) is 5.75 Å². The second-order valence-electron chi connectivity index (χ2n) is 5.41. The second kappa shape index (κ2) is 7.49. The van der Waals surface area contributed by atoms with E-state index in [0.29, 0.717) is 33.7 Å². The third-order valence-electron chi connectivity index (χ3n) is 3.79. The van der Waals surface area contributed by atoms with Gasteiger partial charge in [-0.3, -0.25) is 4.79 Å². The van der Waals surface area contributed by atoms with Crippen LogP contribution >= 0.6 is 11.6 Å². The van der Waals surface area contributed by atoms with Crippen molar-refractivity contribution >= 4 is 29.4 Å². The normalized spacial score (nSPS) is 14.8. The van der Waals surface area contributed by atoms with E-state index < -0.39 is 0 Å². The molecule has 26 heavy (non-hydrogen) atoms. The molecule has 0 fully saturated rings. The van der Waals surface area contributed by atoms with Crippen LogP contribution in [0.4, 0.5) is 0 Å². The summed E-state index contributed by atoms with van der Waals surface area (Å²) in [5, 5.41) is 3.32. The van der Waals surface area contributed by atoms with E-state index in [1.165, 1.54) is 21.3 Å². The molecule has 0 saturated carbocycles. The second-order valence-corrected chi connectivity index (χ2v) is 5.85. The van der Waals surface area contributed by atoms with Gasteiger partial charge in [-0.2, -0.15) is 0 Å². The number of aliphatic imine (C=N–C) groups is 1. The maximum absolute atomic E-state index is 12.3. The van der Waals surface area contributed by atoms with Crippen LogP contribution < -0.4 is 19.5 Å². The molecule has 2 aromatic carbocycles. The van der Waals surface area contributed by atoms with E-state index >= 15 is 0 Å². The topological polar surface area (TPSA) is 69.2 Å². The van der Waals surface area contributed by atoms with E-state index in [-0.39, 0.29) is 11.6 Å². The Morgan fingerprint density at radius 3 is 2.31 bits per heavy atom. The number of hydrogen-bond donors (Lipinski definition) is 1. The molecule has 0 spiro atoms. The van der Waals surface area contributed by atoms with Crippen molar-refractivity contribution in [3.8, 4) is 17.2 Å². The summed E-state index contributed by atoms with van der Waals surface area (Å²) in [4.78, 5) is 16.6. The molecule has 1 heterocycles. The lowest BCUT2D eigenvalue weighted by Gasteiger charge is -2.12. The van der Waals surface area contributed by atoms with Crippen LogP contribution in [-0.4, -0.2) is 33.1 Å². The summed E-state index contributed by atoms with van der Waals surface area (Å²) in [6.45, 7) is 0. The van der Waals surface area contributed by atoms with Gasteiger partial charge in [-0.25, -0.2) is 4.99 Å². The molecule has 1 aliphatic rings. The average Bonchev–Trinajstić information content (AvgIpc) is 3.01. The van der Waals surface area contributed by atoms with Crippen LogP contribution in [0.25, 0.3) is 6.08 Å². The van der Waals surface area contributed by atoms with Crippen molar-refractivity contribution in [2.24, 2.45) is 4.99 Å². The Hall–Kier alpha value is -2.99. The van der Waals surface area contributed by atoms with Crippen molar-refractivity contribution in [3.63, 3.8) is 0 Å². The Bertz CT molecular complexity index is 897. The Morgan fingerprint density at radius 1 is 1.04 bits per heavy atom. The molecular weight excluding hydrogens is 356 g/mol. The van der Waals surface area contributed by atoms with Gasteiger partial charge in [0.25, 0.3) is 5.91 Å². The van der Waals surface area contributed by atoms with Crippen LogP contribution in [0.2, 0.25) is 5.02 Å². The highest BCUT2D eigenvalue weighted by atomic mass is 35.5. The number of nitrogens with one attached hydrogen (secondary N) is 1. The first-order valence-corrected chi connectivity index (χ1v) is 8.11. The fourth-order valence-corrected chi connectivity index (χ4v) is 2.77. The Kier molecular flexibility index (Phi) is 5.14. The highest BCUT2D eigenvalue weighted by Crippen LogP contribution is 2.38. The first-order valence-electron chi connectivity index (χ1n) is 7.73. The maximum Gasteiger partial charge on any atom is 0.275 e. The number of hydrogen-bond acceptors (Lipinski definition) is 5. The third-order valence-corrected chi connectivity index (χ3v) is 4.02. The predicted octanol–water partition coefficient (Wildman–Crippen LogP) is 3.28. The first kappa shape index (κ1) is 17.8. The molecule has 0 bridgehead atoms. The van der Waals surface area contributed by atoms with Gasteiger partial charge in [0, 0.05) is 10.6 Å². The Morgan fingerprint density at radius 2 is 1.73 bits per heavy atom. The standard InChI is InChI=1S/C19H17ClN2O4/c1-24-15-8-11(9-16(25-2)17(15)26-3)7-14-19(23)22-18(21-14)12-5-4-6-13(20)10-12/h4-10H,1-3H3,(H,21,22,23)/b14-7+. The highest BCUT2D eigenvalue weighted by Gasteiger charge is 2.22. The number of benzene rings is 2. The van der Waals surface area contributed by atoms with Gasteiger partial charge >= 0.3 is 0 Å². The summed E-state index contributed by atoms with van der Waals surface area (Å²) in [7, 11) is 4.60. The number of amidine groups is 1. The van der Waals surface area contributed by atoms with Crippen molar-refractivity contribution in [1.29, 1.82) is 0 Å². The largest absolute Gasteiger partial charge is 0.493 e. The molecule has 134 valence electrons.